The lowest BCUT2D eigenvalue weighted by molar-refractivity contribution is 0.728. The third-order valence-electron chi connectivity index (χ3n) is 3.38. The van der Waals surface area contributed by atoms with Gasteiger partial charge in [0.25, 0.3) is 0 Å². The normalized spacial score (nSPS) is 10.5. The minimum absolute atomic E-state index is 0.421. The van der Waals surface area contributed by atoms with Crippen molar-refractivity contribution in [2.45, 2.75) is 34.2 Å². The zero-order valence-electron chi connectivity index (χ0n) is 12.9. The molecule has 0 aliphatic carbocycles. The summed E-state index contributed by atoms with van der Waals surface area (Å²) in [5.74, 6) is 0. The molecule has 0 spiro atoms. The predicted octanol–water partition coefficient (Wildman–Crippen LogP) is 2.58. The summed E-state index contributed by atoms with van der Waals surface area (Å²) in [6.45, 7) is 8.23. The summed E-state index contributed by atoms with van der Waals surface area (Å²) in [4.78, 5) is 24.5. The van der Waals surface area contributed by atoms with E-state index in [1.807, 2.05) is 52.0 Å². The van der Waals surface area contributed by atoms with E-state index in [0.717, 1.165) is 22.4 Å². The highest BCUT2D eigenvalue weighted by atomic mass is 16.2. The number of benzene rings is 1. The number of rotatable bonds is 3. The van der Waals surface area contributed by atoms with Gasteiger partial charge in [-0.15, -0.1) is 0 Å². The van der Waals surface area contributed by atoms with Gasteiger partial charge in [-0.1, -0.05) is 23.8 Å². The highest BCUT2D eigenvalue weighted by Crippen LogP contribution is 2.13. The van der Waals surface area contributed by atoms with Crippen LogP contribution in [0.2, 0.25) is 0 Å². The quantitative estimate of drug-likeness (QED) is 0.642. The van der Waals surface area contributed by atoms with Crippen molar-refractivity contribution >= 4 is 0 Å². The highest BCUT2D eigenvalue weighted by molar-refractivity contribution is 5.42. The molecule has 0 saturated heterocycles. The maximum Gasteiger partial charge on any atom is 0.320 e. The smallest absolute Gasteiger partial charge is 0.305 e. The van der Waals surface area contributed by atoms with Gasteiger partial charge in [-0.05, 0) is 44.9 Å². The molecular formula is C17H20N2O2. The van der Waals surface area contributed by atoms with Crippen LogP contribution in [-0.4, -0.2) is 9.13 Å². The van der Waals surface area contributed by atoms with E-state index >= 15 is 0 Å². The van der Waals surface area contributed by atoms with Crippen LogP contribution in [0.3, 0.4) is 0 Å². The third kappa shape index (κ3) is 3.21. The van der Waals surface area contributed by atoms with E-state index in [9.17, 15) is 9.59 Å². The minimum atomic E-state index is -0.520. The summed E-state index contributed by atoms with van der Waals surface area (Å²) in [7, 11) is 0. The second-order valence-electron chi connectivity index (χ2n) is 5.50. The molecule has 0 amide bonds. The van der Waals surface area contributed by atoms with Gasteiger partial charge >= 0.3 is 11.1 Å². The standard InChI is InChI=1S/C17H20N2O2/c1-12(2)7-8-18-9-10-19(17(21)16(18)20)15-11-13(3)5-6-14(15)4/h5-7,9-11H,8H2,1-4H3. The van der Waals surface area contributed by atoms with Crippen molar-refractivity contribution in [3.63, 3.8) is 0 Å². The van der Waals surface area contributed by atoms with Crippen molar-refractivity contribution in [1.82, 2.24) is 9.13 Å². The average molecular weight is 284 g/mol. The van der Waals surface area contributed by atoms with Gasteiger partial charge in [0.1, 0.15) is 0 Å². The van der Waals surface area contributed by atoms with Crippen molar-refractivity contribution in [1.29, 1.82) is 0 Å². The molecule has 0 unspecified atom stereocenters. The maximum atomic E-state index is 12.3. The van der Waals surface area contributed by atoms with Gasteiger partial charge in [0.15, 0.2) is 0 Å². The summed E-state index contributed by atoms with van der Waals surface area (Å²) >= 11 is 0. The van der Waals surface area contributed by atoms with Gasteiger partial charge in [0.2, 0.25) is 0 Å². The fourth-order valence-electron chi connectivity index (χ4n) is 2.10. The fourth-order valence-corrected chi connectivity index (χ4v) is 2.10. The van der Waals surface area contributed by atoms with Crippen LogP contribution in [0.25, 0.3) is 5.69 Å². The molecule has 0 atom stereocenters. The van der Waals surface area contributed by atoms with Gasteiger partial charge in [-0.25, -0.2) is 0 Å². The van der Waals surface area contributed by atoms with E-state index in [1.165, 1.54) is 9.13 Å². The van der Waals surface area contributed by atoms with E-state index < -0.39 is 11.1 Å². The summed E-state index contributed by atoms with van der Waals surface area (Å²) in [6.07, 6.45) is 5.23. The molecule has 110 valence electrons. The Balaban J connectivity index is 2.56. The largest absolute Gasteiger partial charge is 0.320 e. The molecule has 21 heavy (non-hydrogen) atoms. The van der Waals surface area contributed by atoms with Crippen LogP contribution in [0, 0.1) is 13.8 Å². The van der Waals surface area contributed by atoms with Crippen LogP contribution < -0.4 is 11.1 Å². The fraction of sp³-hybridized carbons (Fsp3) is 0.294. The van der Waals surface area contributed by atoms with Gasteiger partial charge in [-0.3, -0.25) is 14.2 Å². The zero-order valence-corrected chi connectivity index (χ0v) is 12.9. The van der Waals surface area contributed by atoms with E-state index in [4.69, 9.17) is 0 Å². The van der Waals surface area contributed by atoms with Crippen molar-refractivity contribution in [2.24, 2.45) is 0 Å². The first-order chi connectivity index (χ1) is 9.90. The van der Waals surface area contributed by atoms with Crippen LogP contribution in [0.15, 0.2) is 51.8 Å². The van der Waals surface area contributed by atoms with Gasteiger partial charge < -0.3 is 4.57 Å². The first kappa shape index (κ1) is 15.0. The zero-order chi connectivity index (χ0) is 15.6. The molecule has 1 heterocycles. The van der Waals surface area contributed by atoms with E-state index in [-0.39, 0.29) is 0 Å². The molecule has 0 saturated carbocycles. The first-order valence-corrected chi connectivity index (χ1v) is 6.93. The summed E-state index contributed by atoms with van der Waals surface area (Å²) in [6, 6.07) is 5.85. The van der Waals surface area contributed by atoms with Gasteiger partial charge in [0, 0.05) is 18.9 Å². The molecular weight excluding hydrogens is 264 g/mol. The van der Waals surface area contributed by atoms with Gasteiger partial charge in [0.05, 0.1) is 5.69 Å². The summed E-state index contributed by atoms with van der Waals surface area (Å²) in [5, 5.41) is 0. The molecule has 0 aliphatic heterocycles. The lowest BCUT2D eigenvalue weighted by atomic mass is 10.1. The van der Waals surface area contributed by atoms with E-state index in [2.05, 4.69) is 0 Å². The van der Waals surface area contributed by atoms with Crippen molar-refractivity contribution < 1.29 is 0 Å². The predicted molar refractivity (Wildman–Crippen MR) is 85.2 cm³/mol. The Hall–Kier alpha value is -2.36. The Kier molecular flexibility index (Phi) is 4.26. The molecule has 0 fully saturated rings. The third-order valence-corrected chi connectivity index (χ3v) is 3.38. The molecule has 2 rings (SSSR count). The molecule has 0 N–H and O–H groups in total. The Morgan fingerprint density at radius 1 is 1.10 bits per heavy atom. The molecule has 1 aromatic heterocycles. The topological polar surface area (TPSA) is 44.0 Å². The lowest BCUT2D eigenvalue weighted by Crippen LogP contribution is -2.40. The Labute approximate surface area is 124 Å². The molecule has 4 heteroatoms. The van der Waals surface area contributed by atoms with E-state index in [0.29, 0.717) is 6.54 Å². The molecule has 0 aliphatic rings. The second kappa shape index (κ2) is 5.95. The highest BCUT2D eigenvalue weighted by Gasteiger charge is 2.08. The Morgan fingerprint density at radius 3 is 2.48 bits per heavy atom. The number of aryl methyl sites for hydroxylation is 2. The SMILES string of the molecule is CC(C)=CCn1ccn(-c2cc(C)ccc2C)c(=O)c1=O. The Morgan fingerprint density at radius 2 is 1.81 bits per heavy atom. The Bertz CT molecular complexity index is 806. The second-order valence-corrected chi connectivity index (χ2v) is 5.50. The maximum absolute atomic E-state index is 12.3. The summed E-state index contributed by atoms with van der Waals surface area (Å²) < 4.78 is 2.85. The monoisotopic (exact) mass is 284 g/mol. The average Bonchev–Trinajstić information content (AvgIpc) is 2.43. The number of allylic oxidation sites excluding steroid dienone is 2. The van der Waals surface area contributed by atoms with Crippen molar-refractivity contribution in [2.75, 3.05) is 0 Å². The number of hydrogen-bond donors (Lipinski definition) is 0. The van der Waals surface area contributed by atoms with E-state index in [1.54, 1.807) is 12.4 Å². The summed E-state index contributed by atoms with van der Waals surface area (Å²) in [5.41, 5.74) is 2.86. The van der Waals surface area contributed by atoms with Crippen LogP contribution in [0.4, 0.5) is 0 Å². The molecule has 1 aromatic carbocycles. The molecule has 0 bridgehead atoms. The number of nitrogens with zero attached hydrogens (tertiary/aromatic N) is 2. The van der Waals surface area contributed by atoms with Crippen LogP contribution >= 0.6 is 0 Å². The van der Waals surface area contributed by atoms with Crippen LogP contribution in [0.5, 0.6) is 0 Å². The van der Waals surface area contributed by atoms with Gasteiger partial charge in [-0.2, -0.15) is 0 Å². The minimum Gasteiger partial charge on any atom is -0.305 e. The van der Waals surface area contributed by atoms with Crippen molar-refractivity contribution in [3.8, 4) is 5.69 Å². The van der Waals surface area contributed by atoms with Crippen molar-refractivity contribution in [3.05, 3.63) is 74.1 Å². The first-order valence-electron chi connectivity index (χ1n) is 6.93. The number of hydrogen-bond acceptors (Lipinski definition) is 2. The van der Waals surface area contributed by atoms with Crippen LogP contribution in [0.1, 0.15) is 25.0 Å². The molecule has 4 nitrogen and oxygen atoms in total. The molecule has 0 radical (unpaired) electrons. The lowest BCUT2D eigenvalue weighted by Gasteiger charge is -2.11. The number of aromatic nitrogens is 2. The molecule has 2 aromatic rings. The van der Waals surface area contributed by atoms with Crippen LogP contribution in [-0.2, 0) is 6.54 Å².